The molecule has 1 aliphatic rings. The number of aryl methyl sites for hydroxylation is 1. The summed E-state index contributed by atoms with van der Waals surface area (Å²) in [6.45, 7) is 5.24. The van der Waals surface area contributed by atoms with Gasteiger partial charge in [0.25, 0.3) is 0 Å². The van der Waals surface area contributed by atoms with Crippen molar-refractivity contribution in [1.29, 1.82) is 0 Å². The van der Waals surface area contributed by atoms with Crippen LogP contribution in [0.15, 0.2) is 23.1 Å². The first kappa shape index (κ1) is 14.3. The number of anilines is 1. The van der Waals surface area contributed by atoms with Gasteiger partial charge in [-0.25, -0.2) is 8.42 Å². The SMILES string of the molecule is CCC1CCCN(S(=O)(=O)c2ccc(C)c(N)c2)C1. The zero-order valence-electron chi connectivity index (χ0n) is 11.6. The number of nitrogens with zero attached hydrogens (tertiary/aromatic N) is 1. The zero-order chi connectivity index (χ0) is 14.0. The molecule has 0 saturated carbocycles. The average Bonchev–Trinajstić information content (AvgIpc) is 2.41. The average molecular weight is 282 g/mol. The van der Waals surface area contributed by atoms with Crippen LogP contribution >= 0.6 is 0 Å². The summed E-state index contributed by atoms with van der Waals surface area (Å²) in [5, 5.41) is 0. The number of nitrogen functional groups attached to an aromatic ring is 1. The van der Waals surface area contributed by atoms with Gasteiger partial charge in [0.15, 0.2) is 0 Å². The van der Waals surface area contributed by atoms with Crippen LogP contribution in [0, 0.1) is 12.8 Å². The zero-order valence-corrected chi connectivity index (χ0v) is 12.4. The monoisotopic (exact) mass is 282 g/mol. The lowest BCUT2D eigenvalue weighted by atomic mass is 9.97. The molecule has 106 valence electrons. The summed E-state index contributed by atoms with van der Waals surface area (Å²) in [6.07, 6.45) is 3.10. The van der Waals surface area contributed by atoms with Crippen molar-refractivity contribution in [3.05, 3.63) is 23.8 Å². The highest BCUT2D eigenvalue weighted by atomic mass is 32.2. The normalized spacial score (nSPS) is 21.5. The molecule has 1 fully saturated rings. The third-order valence-corrected chi connectivity index (χ3v) is 5.81. The minimum absolute atomic E-state index is 0.312. The van der Waals surface area contributed by atoms with Crippen LogP contribution in [0.4, 0.5) is 5.69 Å². The number of rotatable bonds is 3. The fourth-order valence-corrected chi connectivity index (χ4v) is 4.10. The number of hydrogen-bond donors (Lipinski definition) is 1. The number of sulfonamides is 1. The van der Waals surface area contributed by atoms with Crippen LogP contribution in [-0.4, -0.2) is 25.8 Å². The van der Waals surface area contributed by atoms with Crippen molar-refractivity contribution in [1.82, 2.24) is 4.31 Å². The third-order valence-electron chi connectivity index (χ3n) is 3.95. The van der Waals surface area contributed by atoms with Crippen LogP contribution in [0.2, 0.25) is 0 Å². The van der Waals surface area contributed by atoms with E-state index in [4.69, 9.17) is 5.73 Å². The van der Waals surface area contributed by atoms with Gasteiger partial charge in [0.1, 0.15) is 0 Å². The minimum atomic E-state index is -3.39. The first-order chi connectivity index (χ1) is 8.95. The number of nitrogens with two attached hydrogens (primary N) is 1. The largest absolute Gasteiger partial charge is 0.398 e. The van der Waals surface area contributed by atoms with E-state index in [1.54, 1.807) is 22.5 Å². The summed E-state index contributed by atoms with van der Waals surface area (Å²) in [5.74, 6) is 0.478. The standard InChI is InChI=1S/C14H22N2O2S/c1-3-12-5-4-8-16(10-12)19(17,18)13-7-6-11(2)14(15)9-13/h6-7,9,12H,3-5,8,10,15H2,1-2H3. The van der Waals surface area contributed by atoms with E-state index < -0.39 is 10.0 Å². The summed E-state index contributed by atoms with van der Waals surface area (Å²) in [7, 11) is -3.39. The second kappa shape index (κ2) is 5.51. The third kappa shape index (κ3) is 2.92. The summed E-state index contributed by atoms with van der Waals surface area (Å²) in [4.78, 5) is 0.312. The molecule has 0 amide bonds. The van der Waals surface area contributed by atoms with Crippen LogP contribution in [0.25, 0.3) is 0 Å². The van der Waals surface area contributed by atoms with Gasteiger partial charge in [-0.1, -0.05) is 19.4 Å². The molecule has 2 rings (SSSR count). The van der Waals surface area contributed by atoms with E-state index in [0.29, 0.717) is 29.6 Å². The molecule has 5 heteroatoms. The fraction of sp³-hybridized carbons (Fsp3) is 0.571. The molecular weight excluding hydrogens is 260 g/mol. The number of piperidine rings is 1. The van der Waals surface area contributed by atoms with Crippen LogP contribution in [0.5, 0.6) is 0 Å². The molecular formula is C14H22N2O2S. The number of benzene rings is 1. The Morgan fingerprint density at radius 1 is 1.42 bits per heavy atom. The first-order valence-corrected chi connectivity index (χ1v) is 8.25. The maximum absolute atomic E-state index is 12.6. The summed E-state index contributed by atoms with van der Waals surface area (Å²) >= 11 is 0. The van der Waals surface area contributed by atoms with Crippen LogP contribution in [0.1, 0.15) is 31.7 Å². The van der Waals surface area contributed by atoms with Crippen LogP contribution in [0.3, 0.4) is 0 Å². The lowest BCUT2D eigenvalue weighted by Gasteiger charge is -2.31. The lowest BCUT2D eigenvalue weighted by molar-refractivity contribution is 0.261. The van der Waals surface area contributed by atoms with Gasteiger partial charge in [0, 0.05) is 18.8 Å². The van der Waals surface area contributed by atoms with Crippen LogP contribution < -0.4 is 5.73 Å². The van der Waals surface area contributed by atoms with Crippen molar-refractivity contribution in [3.63, 3.8) is 0 Å². The Balaban J connectivity index is 2.28. The van der Waals surface area contributed by atoms with Gasteiger partial charge in [-0.15, -0.1) is 0 Å². The van der Waals surface area contributed by atoms with E-state index >= 15 is 0 Å². The van der Waals surface area contributed by atoms with E-state index in [1.165, 1.54) is 0 Å². The molecule has 1 saturated heterocycles. The predicted octanol–water partition coefficient (Wildman–Crippen LogP) is 2.39. The van der Waals surface area contributed by atoms with E-state index in [0.717, 1.165) is 24.8 Å². The molecule has 1 aromatic carbocycles. The van der Waals surface area contributed by atoms with Crippen molar-refractivity contribution in [2.45, 2.75) is 38.0 Å². The molecule has 19 heavy (non-hydrogen) atoms. The van der Waals surface area contributed by atoms with Gasteiger partial charge in [-0.2, -0.15) is 4.31 Å². The highest BCUT2D eigenvalue weighted by molar-refractivity contribution is 7.89. The molecule has 1 atom stereocenters. The summed E-state index contributed by atoms with van der Waals surface area (Å²) in [6, 6.07) is 4.99. The molecule has 1 aromatic rings. The van der Waals surface area contributed by atoms with Gasteiger partial charge in [0.2, 0.25) is 10.0 Å². The molecule has 4 nitrogen and oxygen atoms in total. The van der Waals surface area contributed by atoms with E-state index in [2.05, 4.69) is 6.92 Å². The minimum Gasteiger partial charge on any atom is -0.398 e. The highest BCUT2D eigenvalue weighted by Crippen LogP contribution is 2.26. The van der Waals surface area contributed by atoms with E-state index in [9.17, 15) is 8.42 Å². The van der Waals surface area contributed by atoms with Crippen molar-refractivity contribution in [2.75, 3.05) is 18.8 Å². The van der Waals surface area contributed by atoms with Gasteiger partial charge < -0.3 is 5.73 Å². The maximum Gasteiger partial charge on any atom is 0.243 e. The molecule has 1 heterocycles. The first-order valence-electron chi connectivity index (χ1n) is 6.81. The Hall–Kier alpha value is -1.07. The second-order valence-corrected chi connectivity index (χ2v) is 7.24. The van der Waals surface area contributed by atoms with Gasteiger partial charge in [-0.3, -0.25) is 0 Å². The van der Waals surface area contributed by atoms with Crippen molar-refractivity contribution in [2.24, 2.45) is 5.92 Å². The lowest BCUT2D eigenvalue weighted by Crippen LogP contribution is -2.39. The molecule has 0 bridgehead atoms. The van der Waals surface area contributed by atoms with Gasteiger partial charge in [0.05, 0.1) is 4.90 Å². The smallest absolute Gasteiger partial charge is 0.243 e. The van der Waals surface area contributed by atoms with E-state index in [-0.39, 0.29) is 0 Å². The van der Waals surface area contributed by atoms with Gasteiger partial charge in [-0.05, 0) is 43.4 Å². The highest BCUT2D eigenvalue weighted by Gasteiger charge is 2.29. The maximum atomic E-state index is 12.6. The van der Waals surface area contributed by atoms with E-state index in [1.807, 2.05) is 6.92 Å². The quantitative estimate of drug-likeness (QED) is 0.866. The van der Waals surface area contributed by atoms with Gasteiger partial charge >= 0.3 is 0 Å². The topological polar surface area (TPSA) is 63.4 Å². The fourth-order valence-electron chi connectivity index (χ4n) is 2.51. The predicted molar refractivity (Wildman–Crippen MR) is 77.4 cm³/mol. The van der Waals surface area contributed by atoms with Crippen LogP contribution in [-0.2, 0) is 10.0 Å². The molecule has 2 N–H and O–H groups in total. The molecule has 0 radical (unpaired) electrons. The Morgan fingerprint density at radius 2 is 2.16 bits per heavy atom. The van der Waals surface area contributed by atoms with Crippen molar-refractivity contribution < 1.29 is 8.42 Å². The molecule has 1 unspecified atom stereocenters. The Bertz CT molecular complexity index is 555. The second-order valence-electron chi connectivity index (χ2n) is 5.30. The Labute approximate surface area is 115 Å². The summed E-state index contributed by atoms with van der Waals surface area (Å²) < 4.78 is 26.8. The van der Waals surface area contributed by atoms with Crippen molar-refractivity contribution >= 4 is 15.7 Å². The molecule has 0 spiro atoms. The molecule has 0 aliphatic carbocycles. The Kier molecular flexibility index (Phi) is 4.16. The molecule has 1 aliphatic heterocycles. The Morgan fingerprint density at radius 3 is 2.79 bits per heavy atom. The van der Waals surface area contributed by atoms with Crippen molar-refractivity contribution in [3.8, 4) is 0 Å². The molecule has 0 aromatic heterocycles. The summed E-state index contributed by atoms with van der Waals surface area (Å²) in [5.41, 5.74) is 7.26. The number of hydrogen-bond acceptors (Lipinski definition) is 3.